The number of ether oxygens (including phenoxy) is 1. The Morgan fingerprint density at radius 3 is 2.54 bits per heavy atom. The van der Waals surface area contributed by atoms with E-state index in [1.165, 1.54) is 0 Å². The van der Waals surface area contributed by atoms with E-state index in [9.17, 15) is 0 Å². The minimum atomic E-state index is 0.423. The summed E-state index contributed by atoms with van der Waals surface area (Å²) in [5.74, 6) is 1.37. The number of hydrogen-bond acceptors (Lipinski definition) is 5. The molecule has 1 aromatic carbocycles. The van der Waals surface area contributed by atoms with Gasteiger partial charge in [0.05, 0.1) is 12.0 Å². The molecular weight excluding hydrogens is 344 g/mol. The number of nitrogens with zero attached hydrogens (tertiary/aromatic N) is 4. The molecule has 140 valence electrons. The second-order valence-corrected chi connectivity index (χ2v) is 8.16. The molecule has 0 unspecified atom stereocenters. The van der Waals surface area contributed by atoms with Crippen LogP contribution in [0.3, 0.4) is 0 Å². The molecule has 0 saturated carbocycles. The fourth-order valence-corrected chi connectivity index (χ4v) is 2.97. The Labute approximate surface area is 160 Å². The van der Waals surface area contributed by atoms with Crippen molar-refractivity contribution < 1.29 is 4.74 Å². The first-order valence-corrected chi connectivity index (χ1v) is 9.72. The molecule has 1 heterocycles. The van der Waals surface area contributed by atoms with Crippen LogP contribution in [0.1, 0.15) is 37.6 Å². The van der Waals surface area contributed by atoms with Crippen molar-refractivity contribution in [3.63, 3.8) is 0 Å². The lowest BCUT2D eigenvalue weighted by molar-refractivity contribution is 0.451. The second kappa shape index (κ2) is 9.03. The van der Waals surface area contributed by atoms with Crippen LogP contribution in [0.4, 0.5) is 5.69 Å². The van der Waals surface area contributed by atoms with Crippen LogP contribution in [0.25, 0.3) is 0 Å². The van der Waals surface area contributed by atoms with Crippen LogP contribution in [0, 0.1) is 20.8 Å². The molecular formula is C20H28N4OS. The van der Waals surface area contributed by atoms with Gasteiger partial charge < -0.3 is 9.64 Å². The fraction of sp³-hybridized carbons (Fsp3) is 0.450. The molecule has 2 rings (SSSR count). The van der Waals surface area contributed by atoms with Crippen molar-refractivity contribution in [2.24, 2.45) is 4.99 Å². The summed E-state index contributed by atoms with van der Waals surface area (Å²) in [4.78, 5) is 15.6. The van der Waals surface area contributed by atoms with Crippen LogP contribution in [-0.2, 0) is 0 Å². The van der Waals surface area contributed by atoms with E-state index in [2.05, 4.69) is 35.7 Å². The number of aryl methyl sites for hydroxylation is 3. The van der Waals surface area contributed by atoms with E-state index in [0.29, 0.717) is 11.1 Å². The largest absolute Gasteiger partial charge is 0.439 e. The Hall–Kier alpha value is -2.08. The lowest BCUT2D eigenvalue weighted by Crippen LogP contribution is -2.14. The van der Waals surface area contributed by atoms with Crippen molar-refractivity contribution in [1.29, 1.82) is 0 Å². The zero-order chi connectivity index (χ0) is 19.3. The van der Waals surface area contributed by atoms with E-state index >= 15 is 0 Å². The SMILES string of the molecule is CCN(C)C=Nc1cc(C)c(Oc2cc(C)nc(SC(C)C)n2)cc1C. The van der Waals surface area contributed by atoms with Gasteiger partial charge in [0.25, 0.3) is 0 Å². The summed E-state index contributed by atoms with van der Waals surface area (Å²) in [7, 11) is 2.01. The molecule has 2 aromatic rings. The zero-order valence-electron chi connectivity index (χ0n) is 16.7. The van der Waals surface area contributed by atoms with Crippen molar-refractivity contribution in [2.75, 3.05) is 13.6 Å². The molecule has 5 nitrogen and oxygen atoms in total. The third-order valence-corrected chi connectivity index (χ3v) is 4.62. The molecule has 0 bridgehead atoms. The Balaban J connectivity index is 2.26. The maximum Gasteiger partial charge on any atom is 0.223 e. The molecule has 0 atom stereocenters. The molecule has 0 aliphatic rings. The quantitative estimate of drug-likeness (QED) is 0.285. The van der Waals surface area contributed by atoms with E-state index in [-0.39, 0.29) is 0 Å². The Bertz CT molecular complexity index is 790. The third kappa shape index (κ3) is 5.73. The molecule has 0 aliphatic carbocycles. The number of thioether (sulfide) groups is 1. The highest BCUT2D eigenvalue weighted by molar-refractivity contribution is 7.99. The lowest BCUT2D eigenvalue weighted by atomic mass is 10.1. The van der Waals surface area contributed by atoms with E-state index in [1.54, 1.807) is 11.8 Å². The molecule has 0 saturated heterocycles. The van der Waals surface area contributed by atoms with Crippen LogP contribution >= 0.6 is 11.8 Å². The smallest absolute Gasteiger partial charge is 0.223 e. The van der Waals surface area contributed by atoms with E-state index in [4.69, 9.17) is 4.74 Å². The van der Waals surface area contributed by atoms with Crippen molar-refractivity contribution >= 4 is 23.8 Å². The van der Waals surface area contributed by atoms with Gasteiger partial charge in [-0.3, -0.25) is 0 Å². The van der Waals surface area contributed by atoms with Crippen LogP contribution in [-0.4, -0.2) is 40.0 Å². The monoisotopic (exact) mass is 372 g/mol. The summed E-state index contributed by atoms with van der Waals surface area (Å²) in [6, 6.07) is 5.92. The average Bonchev–Trinajstić information content (AvgIpc) is 2.55. The maximum absolute atomic E-state index is 6.07. The summed E-state index contributed by atoms with van der Waals surface area (Å²) in [5, 5.41) is 1.17. The Kier molecular flexibility index (Phi) is 7.03. The molecule has 6 heteroatoms. The summed E-state index contributed by atoms with van der Waals surface area (Å²) >= 11 is 1.63. The molecule has 0 amide bonds. The summed E-state index contributed by atoms with van der Waals surface area (Å²) in [6.45, 7) is 13.3. The van der Waals surface area contributed by atoms with Gasteiger partial charge in [0.2, 0.25) is 5.88 Å². The van der Waals surface area contributed by atoms with Crippen molar-refractivity contribution in [3.8, 4) is 11.6 Å². The standard InChI is InChI=1S/C20H28N4OS/c1-8-24(7)12-21-17-9-15(5)18(10-14(17)4)25-19-11-16(6)22-20(23-19)26-13(2)3/h9-13H,8H2,1-7H3. The van der Waals surface area contributed by atoms with Gasteiger partial charge in [0.1, 0.15) is 5.75 Å². The second-order valence-electron chi connectivity index (χ2n) is 6.62. The van der Waals surface area contributed by atoms with Gasteiger partial charge in [0.15, 0.2) is 5.16 Å². The summed E-state index contributed by atoms with van der Waals surface area (Å²) < 4.78 is 6.07. The number of aliphatic imine (C=N–C) groups is 1. The van der Waals surface area contributed by atoms with Gasteiger partial charge in [-0.15, -0.1) is 0 Å². The van der Waals surface area contributed by atoms with Crippen LogP contribution in [0.15, 0.2) is 28.3 Å². The number of benzene rings is 1. The first-order valence-electron chi connectivity index (χ1n) is 8.84. The fourth-order valence-electron chi connectivity index (χ4n) is 2.21. The number of rotatable bonds is 7. The van der Waals surface area contributed by atoms with Crippen LogP contribution in [0.2, 0.25) is 0 Å². The molecule has 0 fully saturated rings. The van der Waals surface area contributed by atoms with Crippen molar-refractivity contribution in [1.82, 2.24) is 14.9 Å². The first kappa shape index (κ1) is 20.2. The maximum atomic E-state index is 6.07. The summed E-state index contributed by atoms with van der Waals surface area (Å²) in [5.41, 5.74) is 3.94. The molecule has 0 N–H and O–H groups in total. The third-order valence-electron chi connectivity index (χ3n) is 3.75. The molecule has 1 aromatic heterocycles. The zero-order valence-corrected chi connectivity index (χ0v) is 17.5. The minimum Gasteiger partial charge on any atom is -0.439 e. The highest BCUT2D eigenvalue weighted by atomic mass is 32.2. The predicted octanol–water partition coefficient (Wildman–Crippen LogP) is 5.31. The summed E-state index contributed by atoms with van der Waals surface area (Å²) in [6.07, 6.45) is 1.85. The topological polar surface area (TPSA) is 50.6 Å². The highest BCUT2D eigenvalue weighted by Gasteiger charge is 2.10. The molecule has 0 radical (unpaired) electrons. The van der Waals surface area contributed by atoms with Crippen molar-refractivity contribution in [2.45, 2.75) is 51.9 Å². The highest BCUT2D eigenvalue weighted by Crippen LogP contribution is 2.32. The van der Waals surface area contributed by atoms with Crippen LogP contribution in [0.5, 0.6) is 11.6 Å². The number of hydrogen-bond donors (Lipinski definition) is 0. The Morgan fingerprint density at radius 1 is 1.15 bits per heavy atom. The normalized spacial score (nSPS) is 11.4. The van der Waals surface area contributed by atoms with Gasteiger partial charge in [-0.05, 0) is 51.0 Å². The van der Waals surface area contributed by atoms with Crippen LogP contribution < -0.4 is 4.74 Å². The molecule has 0 spiro atoms. The lowest BCUT2D eigenvalue weighted by Gasteiger charge is -2.13. The predicted molar refractivity (Wildman–Crippen MR) is 110 cm³/mol. The first-order chi connectivity index (χ1) is 12.3. The molecule has 26 heavy (non-hydrogen) atoms. The number of aromatic nitrogens is 2. The van der Waals surface area contributed by atoms with Gasteiger partial charge in [-0.25, -0.2) is 9.98 Å². The Morgan fingerprint density at radius 2 is 1.88 bits per heavy atom. The average molecular weight is 373 g/mol. The minimum absolute atomic E-state index is 0.423. The van der Waals surface area contributed by atoms with E-state index < -0.39 is 0 Å². The van der Waals surface area contributed by atoms with E-state index in [1.807, 2.05) is 57.3 Å². The van der Waals surface area contributed by atoms with Gasteiger partial charge in [-0.1, -0.05) is 25.6 Å². The molecule has 0 aliphatic heterocycles. The van der Waals surface area contributed by atoms with Crippen molar-refractivity contribution in [3.05, 3.63) is 35.0 Å². The van der Waals surface area contributed by atoms with Gasteiger partial charge in [0, 0.05) is 30.6 Å². The van der Waals surface area contributed by atoms with E-state index in [0.717, 1.165) is 40.0 Å². The van der Waals surface area contributed by atoms with Gasteiger partial charge >= 0.3 is 0 Å². The van der Waals surface area contributed by atoms with Gasteiger partial charge in [-0.2, -0.15) is 4.98 Å².